The van der Waals surface area contributed by atoms with Crippen LogP contribution in [0.15, 0.2) is 73.2 Å². The predicted molar refractivity (Wildman–Crippen MR) is 145 cm³/mol. The molecule has 0 bridgehead atoms. The van der Waals surface area contributed by atoms with Crippen molar-refractivity contribution in [3.63, 3.8) is 0 Å². The van der Waals surface area contributed by atoms with E-state index in [1.807, 2.05) is 55.6 Å². The van der Waals surface area contributed by atoms with Crippen LogP contribution < -0.4 is 10.2 Å². The van der Waals surface area contributed by atoms with E-state index < -0.39 is 0 Å². The van der Waals surface area contributed by atoms with Crippen molar-refractivity contribution in [1.82, 2.24) is 24.5 Å². The summed E-state index contributed by atoms with van der Waals surface area (Å²) in [6.07, 6.45) is 7.66. The molecule has 0 fully saturated rings. The zero-order valence-corrected chi connectivity index (χ0v) is 21.4. The van der Waals surface area contributed by atoms with Crippen LogP contribution in [-0.4, -0.2) is 62.7 Å². The van der Waals surface area contributed by atoms with Gasteiger partial charge in [0.05, 0.1) is 6.61 Å². The molecule has 3 aromatic heterocycles. The van der Waals surface area contributed by atoms with Crippen LogP contribution in [0.3, 0.4) is 0 Å². The van der Waals surface area contributed by atoms with E-state index in [1.165, 1.54) is 0 Å². The minimum atomic E-state index is -0.289. The van der Waals surface area contributed by atoms with E-state index >= 15 is 0 Å². The van der Waals surface area contributed by atoms with Gasteiger partial charge in [0.2, 0.25) is 5.95 Å². The van der Waals surface area contributed by atoms with Crippen LogP contribution >= 0.6 is 0 Å². The number of rotatable bonds is 7. The summed E-state index contributed by atoms with van der Waals surface area (Å²) in [4.78, 5) is 37.2. The lowest BCUT2D eigenvalue weighted by atomic mass is 10.0. The minimum absolute atomic E-state index is 0.0805. The standard InChI is InChI=1S/C28H29N7O3/c1-3-34(23-11-15-29-16-12-23)26(36)21-7-9-22(10-8-21)30-27-31-25-24(6-5-17-35(25)32-27)20-13-18-33(19-14-20)28(37)38-4-2/h5-13,15-17H,3-4,14,18-19H2,1-2H3,(H,30,32). The molecule has 38 heavy (non-hydrogen) atoms. The molecule has 10 nitrogen and oxygen atoms in total. The van der Waals surface area contributed by atoms with Gasteiger partial charge in [-0.25, -0.2) is 9.31 Å². The normalized spacial score (nSPS) is 13.2. The molecule has 4 heterocycles. The van der Waals surface area contributed by atoms with Crippen molar-refractivity contribution in [3.05, 3.63) is 84.3 Å². The van der Waals surface area contributed by atoms with Crippen molar-refractivity contribution in [3.8, 4) is 0 Å². The second-order valence-electron chi connectivity index (χ2n) is 8.71. The number of amides is 2. The third-order valence-corrected chi connectivity index (χ3v) is 6.37. The van der Waals surface area contributed by atoms with E-state index in [0.29, 0.717) is 44.2 Å². The molecule has 194 valence electrons. The Morgan fingerprint density at radius 2 is 1.87 bits per heavy atom. The number of anilines is 3. The third kappa shape index (κ3) is 5.19. The highest BCUT2D eigenvalue weighted by Gasteiger charge is 2.21. The van der Waals surface area contributed by atoms with E-state index in [4.69, 9.17) is 9.72 Å². The Labute approximate surface area is 220 Å². The van der Waals surface area contributed by atoms with Crippen LogP contribution in [0.5, 0.6) is 0 Å². The summed E-state index contributed by atoms with van der Waals surface area (Å²) in [7, 11) is 0. The molecular formula is C28H29N7O3. The smallest absolute Gasteiger partial charge is 0.410 e. The zero-order valence-electron chi connectivity index (χ0n) is 21.4. The van der Waals surface area contributed by atoms with Gasteiger partial charge < -0.3 is 19.9 Å². The van der Waals surface area contributed by atoms with Crippen LogP contribution in [-0.2, 0) is 4.74 Å². The summed E-state index contributed by atoms with van der Waals surface area (Å²) in [6, 6.07) is 14.8. The summed E-state index contributed by atoms with van der Waals surface area (Å²) in [5, 5.41) is 7.81. The van der Waals surface area contributed by atoms with E-state index in [9.17, 15) is 9.59 Å². The van der Waals surface area contributed by atoms with Crippen molar-refractivity contribution in [2.45, 2.75) is 20.3 Å². The Kier molecular flexibility index (Phi) is 7.30. The van der Waals surface area contributed by atoms with Gasteiger partial charge >= 0.3 is 6.09 Å². The van der Waals surface area contributed by atoms with Crippen molar-refractivity contribution in [2.24, 2.45) is 0 Å². The van der Waals surface area contributed by atoms with Crippen molar-refractivity contribution >= 4 is 40.5 Å². The first-order valence-corrected chi connectivity index (χ1v) is 12.6. The first-order chi connectivity index (χ1) is 18.6. The van der Waals surface area contributed by atoms with Gasteiger partial charge in [-0.1, -0.05) is 6.08 Å². The van der Waals surface area contributed by atoms with Crippen molar-refractivity contribution < 1.29 is 14.3 Å². The molecule has 2 amide bonds. The maximum Gasteiger partial charge on any atom is 0.410 e. The molecule has 1 N–H and O–H groups in total. The molecule has 0 saturated carbocycles. The SMILES string of the molecule is CCOC(=O)N1CC=C(c2cccn3nc(Nc4ccc(C(=O)N(CC)c5ccncc5)cc4)nc23)CC1. The Balaban J connectivity index is 1.31. The van der Waals surface area contributed by atoms with E-state index in [1.54, 1.807) is 45.8 Å². The quantitative estimate of drug-likeness (QED) is 0.381. The first-order valence-electron chi connectivity index (χ1n) is 12.6. The Morgan fingerprint density at radius 3 is 2.55 bits per heavy atom. The van der Waals surface area contributed by atoms with Gasteiger partial charge in [0.1, 0.15) is 0 Å². The average molecular weight is 512 g/mol. The average Bonchev–Trinajstić information content (AvgIpc) is 3.37. The van der Waals surface area contributed by atoms with E-state index in [-0.39, 0.29) is 12.0 Å². The Hall–Kier alpha value is -4.73. The van der Waals surface area contributed by atoms with Gasteiger partial charge in [-0.3, -0.25) is 9.78 Å². The highest BCUT2D eigenvalue weighted by Crippen LogP contribution is 2.27. The second kappa shape index (κ2) is 11.1. The van der Waals surface area contributed by atoms with Gasteiger partial charge in [0.25, 0.3) is 5.91 Å². The van der Waals surface area contributed by atoms with Gasteiger partial charge in [-0.05, 0) is 74.4 Å². The summed E-state index contributed by atoms with van der Waals surface area (Å²) in [5.74, 6) is 0.371. The molecule has 1 aromatic carbocycles. The number of benzene rings is 1. The first kappa shape index (κ1) is 24.9. The second-order valence-corrected chi connectivity index (χ2v) is 8.71. The Morgan fingerprint density at radius 1 is 1.08 bits per heavy atom. The lowest BCUT2D eigenvalue weighted by Gasteiger charge is -2.25. The number of nitrogens with zero attached hydrogens (tertiary/aromatic N) is 6. The molecule has 5 rings (SSSR count). The molecular weight excluding hydrogens is 482 g/mol. The predicted octanol–water partition coefficient (Wildman–Crippen LogP) is 4.78. The topological polar surface area (TPSA) is 105 Å². The molecule has 10 heteroatoms. The number of hydrogen-bond donors (Lipinski definition) is 1. The number of aromatic nitrogens is 4. The molecule has 0 aliphatic carbocycles. The third-order valence-electron chi connectivity index (χ3n) is 6.37. The monoisotopic (exact) mass is 511 g/mol. The van der Waals surface area contributed by atoms with Crippen molar-refractivity contribution in [2.75, 3.05) is 36.5 Å². The van der Waals surface area contributed by atoms with Gasteiger partial charge in [0.15, 0.2) is 5.65 Å². The number of carbonyl (C=O) groups excluding carboxylic acids is 2. The fourth-order valence-corrected chi connectivity index (χ4v) is 4.45. The van der Waals surface area contributed by atoms with Crippen LogP contribution in [0.2, 0.25) is 0 Å². The van der Waals surface area contributed by atoms with Crippen LogP contribution in [0, 0.1) is 0 Å². The Bertz CT molecular complexity index is 1470. The molecule has 0 spiro atoms. The van der Waals surface area contributed by atoms with Gasteiger partial charge in [-0.2, -0.15) is 4.98 Å². The largest absolute Gasteiger partial charge is 0.450 e. The molecule has 4 aromatic rings. The number of pyridine rings is 2. The summed E-state index contributed by atoms with van der Waals surface area (Å²) >= 11 is 0. The molecule has 0 unspecified atom stereocenters. The fourth-order valence-electron chi connectivity index (χ4n) is 4.45. The maximum absolute atomic E-state index is 13.1. The van der Waals surface area contributed by atoms with Gasteiger partial charge in [0, 0.05) is 60.7 Å². The number of carbonyl (C=O) groups is 2. The number of ether oxygens (including phenoxy) is 1. The van der Waals surface area contributed by atoms with Crippen LogP contribution in [0.25, 0.3) is 11.2 Å². The molecule has 0 atom stereocenters. The lowest BCUT2D eigenvalue weighted by Crippen LogP contribution is -2.35. The van der Waals surface area contributed by atoms with E-state index in [2.05, 4.69) is 15.4 Å². The summed E-state index contributed by atoms with van der Waals surface area (Å²) in [5.41, 5.74) is 4.99. The molecule has 0 radical (unpaired) electrons. The number of hydrogen-bond acceptors (Lipinski definition) is 7. The van der Waals surface area contributed by atoms with Crippen LogP contribution in [0.4, 0.5) is 22.1 Å². The van der Waals surface area contributed by atoms with Gasteiger partial charge in [-0.15, -0.1) is 5.10 Å². The molecule has 0 saturated heterocycles. The van der Waals surface area contributed by atoms with Crippen molar-refractivity contribution in [1.29, 1.82) is 0 Å². The molecule has 1 aliphatic heterocycles. The maximum atomic E-state index is 13.1. The fraction of sp³-hybridized carbons (Fsp3) is 0.250. The van der Waals surface area contributed by atoms with Crippen LogP contribution in [0.1, 0.15) is 36.2 Å². The number of nitrogens with one attached hydrogen (secondary N) is 1. The zero-order chi connectivity index (χ0) is 26.5. The van der Waals surface area contributed by atoms with E-state index in [0.717, 1.165) is 28.2 Å². The highest BCUT2D eigenvalue weighted by molar-refractivity contribution is 6.06. The highest BCUT2D eigenvalue weighted by atomic mass is 16.6. The lowest BCUT2D eigenvalue weighted by molar-refractivity contribution is 0.0988. The summed E-state index contributed by atoms with van der Waals surface area (Å²) < 4.78 is 6.85. The number of fused-ring (bicyclic) bond motifs is 1. The minimum Gasteiger partial charge on any atom is -0.450 e. The summed E-state index contributed by atoms with van der Waals surface area (Å²) in [6.45, 7) is 5.75. The molecule has 1 aliphatic rings.